The molecule has 8 nitrogen and oxygen atoms in total. The second-order valence-electron chi connectivity index (χ2n) is 8.49. The minimum Gasteiger partial charge on any atom is -0.507 e. The van der Waals surface area contributed by atoms with Crippen molar-refractivity contribution in [1.29, 1.82) is 0 Å². The van der Waals surface area contributed by atoms with Crippen LogP contribution in [-0.2, 0) is 9.59 Å². The van der Waals surface area contributed by atoms with E-state index in [2.05, 4.69) is 25.3 Å². The number of carbonyl (C=O) groups is 2. The van der Waals surface area contributed by atoms with E-state index in [0.29, 0.717) is 54.7 Å². The topological polar surface area (TPSA) is 88.5 Å². The molecule has 1 atom stereocenters. The zero-order chi connectivity index (χ0) is 26.9. The first-order valence-corrected chi connectivity index (χ1v) is 12.6. The van der Waals surface area contributed by atoms with Gasteiger partial charge in [-0.25, -0.2) is 0 Å². The van der Waals surface area contributed by atoms with Crippen LogP contribution in [0.4, 0.5) is 0 Å². The number of ketones is 1. The van der Waals surface area contributed by atoms with Crippen molar-refractivity contribution in [2.45, 2.75) is 26.8 Å². The molecule has 0 bridgehead atoms. The summed E-state index contributed by atoms with van der Waals surface area (Å²) in [5.74, 6) is 0.0430. The van der Waals surface area contributed by atoms with Crippen LogP contribution < -0.4 is 14.2 Å². The summed E-state index contributed by atoms with van der Waals surface area (Å²) in [6, 6.07) is 11.2. The summed E-state index contributed by atoms with van der Waals surface area (Å²) >= 11 is 0. The van der Waals surface area contributed by atoms with Gasteiger partial charge in [0.05, 0.1) is 25.3 Å². The van der Waals surface area contributed by atoms with E-state index in [1.54, 1.807) is 48.5 Å². The third-order valence-electron chi connectivity index (χ3n) is 6.39. The molecule has 37 heavy (non-hydrogen) atoms. The molecule has 1 heterocycles. The number of carbonyl (C=O) groups excluding carboxylic acids is 2. The molecule has 8 heteroatoms. The third-order valence-corrected chi connectivity index (χ3v) is 6.39. The van der Waals surface area contributed by atoms with E-state index in [0.717, 1.165) is 13.1 Å². The number of likely N-dealkylation sites (tertiary alicyclic amines) is 1. The van der Waals surface area contributed by atoms with Crippen LogP contribution in [-0.4, -0.2) is 73.1 Å². The molecule has 0 aromatic heterocycles. The second kappa shape index (κ2) is 13.0. The van der Waals surface area contributed by atoms with Gasteiger partial charge in [-0.2, -0.15) is 0 Å². The van der Waals surface area contributed by atoms with Crippen LogP contribution in [0, 0.1) is 0 Å². The van der Waals surface area contributed by atoms with Crippen LogP contribution in [0.3, 0.4) is 0 Å². The van der Waals surface area contributed by atoms with Crippen molar-refractivity contribution < 1.29 is 28.9 Å². The maximum absolute atomic E-state index is 13.3. The van der Waals surface area contributed by atoms with Gasteiger partial charge < -0.3 is 29.1 Å². The summed E-state index contributed by atoms with van der Waals surface area (Å²) in [5, 5.41) is 11.3. The monoisotopic (exact) mass is 508 g/mol. The van der Waals surface area contributed by atoms with Crippen LogP contribution in [0.15, 0.2) is 60.7 Å². The molecular weight excluding hydrogens is 472 g/mol. The summed E-state index contributed by atoms with van der Waals surface area (Å²) in [4.78, 5) is 30.3. The molecular formula is C29H36N2O6. The van der Waals surface area contributed by atoms with Crippen molar-refractivity contribution in [3.05, 3.63) is 71.8 Å². The smallest absolute Gasteiger partial charge is 0.295 e. The number of hydrogen-bond acceptors (Lipinski definition) is 7. The summed E-state index contributed by atoms with van der Waals surface area (Å²) in [5.41, 5.74) is 1.10. The van der Waals surface area contributed by atoms with Crippen molar-refractivity contribution in [2.24, 2.45) is 0 Å². The van der Waals surface area contributed by atoms with Gasteiger partial charge >= 0.3 is 0 Å². The van der Waals surface area contributed by atoms with E-state index >= 15 is 0 Å². The lowest BCUT2D eigenvalue weighted by Gasteiger charge is -2.28. The predicted molar refractivity (Wildman–Crippen MR) is 143 cm³/mol. The number of aliphatic hydroxyl groups is 1. The van der Waals surface area contributed by atoms with Crippen LogP contribution in [0.1, 0.15) is 37.9 Å². The average molecular weight is 509 g/mol. The van der Waals surface area contributed by atoms with Crippen LogP contribution in [0.2, 0.25) is 0 Å². The maximum Gasteiger partial charge on any atom is 0.295 e. The van der Waals surface area contributed by atoms with Gasteiger partial charge in [-0.1, -0.05) is 32.6 Å². The fourth-order valence-electron chi connectivity index (χ4n) is 4.39. The van der Waals surface area contributed by atoms with Crippen molar-refractivity contribution >= 4 is 17.4 Å². The van der Waals surface area contributed by atoms with Gasteiger partial charge in [0.1, 0.15) is 18.1 Å². The molecule has 0 radical (unpaired) electrons. The molecule has 3 rings (SSSR count). The lowest BCUT2D eigenvalue weighted by atomic mass is 9.95. The quantitative estimate of drug-likeness (QED) is 0.185. The maximum atomic E-state index is 13.3. The lowest BCUT2D eigenvalue weighted by molar-refractivity contribution is -0.140. The SMILES string of the molecule is C=CCOc1ccc(C(O)=C2C(=O)C(=O)N(CCN(CC)CC)C2c2ccc(OCC)c(OC)c2)cc1. The molecule has 1 saturated heterocycles. The Morgan fingerprint density at radius 2 is 1.76 bits per heavy atom. The van der Waals surface area contributed by atoms with E-state index < -0.39 is 17.7 Å². The Labute approximate surface area is 218 Å². The average Bonchev–Trinajstić information content (AvgIpc) is 3.17. The number of nitrogens with zero attached hydrogens (tertiary/aromatic N) is 2. The summed E-state index contributed by atoms with van der Waals surface area (Å²) in [6.45, 7) is 13.0. The summed E-state index contributed by atoms with van der Waals surface area (Å²) in [6.07, 6.45) is 1.64. The van der Waals surface area contributed by atoms with E-state index in [9.17, 15) is 14.7 Å². The van der Waals surface area contributed by atoms with Crippen LogP contribution in [0.25, 0.3) is 5.76 Å². The number of methoxy groups -OCH3 is 1. The van der Waals surface area contributed by atoms with Gasteiger partial charge in [0.25, 0.3) is 11.7 Å². The first-order chi connectivity index (χ1) is 17.9. The first-order valence-electron chi connectivity index (χ1n) is 12.6. The molecule has 2 aromatic rings. The Bertz CT molecular complexity index is 1140. The number of hydrogen-bond donors (Lipinski definition) is 1. The highest BCUT2D eigenvalue weighted by molar-refractivity contribution is 6.46. The fraction of sp³-hybridized carbons (Fsp3) is 0.379. The number of amides is 1. The molecule has 1 amide bonds. The van der Waals surface area contributed by atoms with Gasteiger partial charge in [-0.05, 0) is 62.0 Å². The van der Waals surface area contributed by atoms with Crippen molar-refractivity contribution in [3.8, 4) is 17.2 Å². The zero-order valence-corrected chi connectivity index (χ0v) is 22.0. The van der Waals surface area contributed by atoms with Crippen molar-refractivity contribution in [2.75, 3.05) is 46.5 Å². The molecule has 2 aromatic carbocycles. The Kier molecular flexibility index (Phi) is 9.74. The standard InChI is InChI=1S/C29H36N2O6/c1-6-18-37-22-13-10-20(11-14-22)27(32)25-26(21-12-15-23(36-9-4)24(19-21)35-5)31(29(34)28(25)33)17-16-30(7-2)8-3/h6,10-15,19,26,32H,1,7-9,16-18H2,2-5H3. The fourth-order valence-corrected chi connectivity index (χ4v) is 4.39. The van der Waals surface area contributed by atoms with Gasteiger partial charge in [0.2, 0.25) is 0 Å². The van der Waals surface area contributed by atoms with Gasteiger partial charge in [0, 0.05) is 18.7 Å². The number of aliphatic hydroxyl groups excluding tert-OH is 1. The molecule has 1 aliphatic heterocycles. The molecule has 1 fully saturated rings. The number of Topliss-reactive ketones (excluding diaryl/α,β-unsaturated/α-hetero) is 1. The second-order valence-corrected chi connectivity index (χ2v) is 8.49. The predicted octanol–water partition coefficient (Wildman–Crippen LogP) is 4.42. The van der Waals surface area contributed by atoms with Gasteiger partial charge in [-0.3, -0.25) is 9.59 Å². The molecule has 0 saturated carbocycles. The lowest BCUT2D eigenvalue weighted by Crippen LogP contribution is -2.38. The highest BCUT2D eigenvalue weighted by atomic mass is 16.5. The first kappa shape index (κ1) is 27.8. The van der Waals surface area contributed by atoms with E-state index in [1.165, 1.54) is 12.0 Å². The highest BCUT2D eigenvalue weighted by Crippen LogP contribution is 2.42. The van der Waals surface area contributed by atoms with Gasteiger partial charge in [0.15, 0.2) is 11.5 Å². The molecule has 1 unspecified atom stereocenters. The minimum absolute atomic E-state index is 0.0375. The molecule has 0 spiro atoms. The van der Waals surface area contributed by atoms with Crippen molar-refractivity contribution in [1.82, 2.24) is 9.80 Å². The van der Waals surface area contributed by atoms with Crippen molar-refractivity contribution in [3.63, 3.8) is 0 Å². The Morgan fingerprint density at radius 3 is 2.35 bits per heavy atom. The minimum atomic E-state index is -0.781. The summed E-state index contributed by atoms with van der Waals surface area (Å²) < 4.78 is 16.7. The zero-order valence-electron chi connectivity index (χ0n) is 22.0. The van der Waals surface area contributed by atoms with Crippen LogP contribution >= 0.6 is 0 Å². The Balaban J connectivity index is 2.10. The largest absolute Gasteiger partial charge is 0.507 e. The normalized spacial score (nSPS) is 16.8. The molecule has 1 N–H and O–H groups in total. The Morgan fingerprint density at radius 1 is 1.05 bits per heavy atom. The van der Waals surface area contributed by atoms with E-state index in [-0.39, 0.29) is 11.3 Å². The molecule has 1 aliphatic rings. The summed E-state index contributed by atoms with van der Waals surface area (Å²) in [7, 11) is 1.54. The Hall–Kier alpha value is -3.78. The number of benzene rings is 2. The third kappa shape index (κ3) is 6.14. The van der Waals surface area contributed by atoms with Crippen LogP contribution in [0.5, 0.6) is 17.2 Å². The van der Waals surface area contributed by atoms with Gasteiger partial charge in [-0.15, -0.1) is 0 Å². The number of ether oxygens (including phenoxy) is 3. The number of likely N-dealkylation sites (N-methyl/N-ethyl adjacent to an activating group) is 1. The van der Waals surface area contributed by atoms with E-state index in [1.807, 2.05) is 6.92 Å². The number of rotatable bonds is 13. The highest BCUT2D eigenvalue weighted by Gasteiger charge is 2.46. The molecule has 0 aliphatic carbocycles. The van der Waals surface area contributed by atoms with E-state index in [4.69, 9.17) is 14.2 Å². The molecule has 198 valence electrons.